The van der Waals surface area contributed by atoms with E-state index in [2.05, 4.69) is 6.92 Å². The van der Waals surface area contributed by atoms with Crippen molar-refractivity contribution in [1.29, 1.82) is 0 Å². The summed E-state index contributed by atoms with van der Waals surface area (Å²) in [7, 11) is 1.65. The number of benzene rings is 1. The van der Waals surface area contributed by atoms with Crippen LogP contribution < -0.4 is 4.74 Å². The van der Waals surface area contributed by atoms with E-state index in [4.69, 9.17) is 9.47 Å². The molecule has 0 radical (unpaired) electrons. The Hall–Kier alpha value is -1.55. The lowest BCUT2D eigenvalue weighted by molar-refractivity contribution is -0.134. The normalized spacial score (nSPS) is 15.4. The number of carbonyl (C=O) groups is 1. The van der Waals surface area contributed by atoms with Crippen LogP contribution in [-0.4, -0.2) is 44.2 Å². The summed E-state index contributed by atoms with van der Waals surface area (Å²) in [6, 6.07) is 4.05. The zero-order valence-electron chi connectivity index (χ0n) is 11.9. The minimum atomic E-state index is 0.143. The van der Waals surface area contributed by atoms with Gasteiger partial charge in [0.15, 0.2) is 0 Å². The average molecular weight is 263 g/mol. The molecule has 0 unspecified atom stereocenters. The van der Waals surface area contributed by atoms with Crippen LogP contribution in [0, 0.1) is 13.8 Å². The van der Waals surface area contributed by atoms with Crippen LogP contribution in [0.3, 0.4) is 0 Å². The van der Waals surface area contributed by atoms with Crippen molar-refractivity contribution in [2.45, 2.75) is 20.3 Å². The molecule has 0 aliphatic carbocycles. The quantitative estimate of drug-likeness (QED) is 0.833. The largest absolute Gasteiger partial charge is 0.496 e. The zero-order valence-corrected chi connectivity index (χ0v) is 11.9. The molecule has 104 valence electrons. The van der Waals surface area contributed by atoms with Crippen molar-refractivity contribution in [2.24, 2.45) is 0 Å². The van der Waals surface area contributed by atoms with Crippen molar-refractivity contribution < 1.29 is 14.3 Å². The van der Waals surface area contributed by atoms with Crippen LogP contribution in [-0.2, 0) is 16.0 Å². The number of amides is 1. The molecule has 19 heavy (non-hydrogen) atoms. The predicted molar refractivity (Wildman–Crippen MR) is 73.6 cm³/mol. The summed E-state index contributed by atoms with van der Waals surface area (Å²) >= 11 is 0. The lowest BCUT2D eigenvalue weighted by atomic mass is 10.0. The molecule has 1 amide bonds. The Kier molecular flexibility index (Phi) is 4.43. The molecule has 4 nitrogen and oxygen atoms in total. The number of aryl methyl sites for hydroxylation is 2. The fourth-order valence-corrected chi connectivity index (χ4v) is 2.27. The van der Waals surface area contributed by atoms with E-state index in [1.54, 1.807) is 7.11 Å². The maximum Gasteiger partial charge on any atom is 0.227 e. The number of nitrogens with zero attached hydrogens (tertiary/aromatic N) is 1. The van der Waals surface area contributed by atoms with Crippen LogP contribution in [0.25, 0.3) is 0 Å². The van der Waals surface area contributed by atoms with Crippen LogP contribution in [0.5, 0.6) is 5.75 Å². The molecule has 1 aromatic carbocycles. The molecule has 0 spiro atoms. The van der Waals surface area contributed by atoms with E-state index < -0.39 is 0 Å². The topological polar surface area (TPSA) is 38.8 Å². The lowest BCUT2D eigenvalue weighted by Gasteiger charge is -2.27. The van der Waals surface area contributed by atoms with Gasteiger partial charge in [-0.2, -0.15) is 0 Å². The highest BCUT2D eigenvalue weighted by atomic mass is 16.5. The molecule has 0 N–H and O–H groups in total. The molecule has 1 heterocycles. The van der Waals surface area contributed by atoms with E-state index in [9.17, 15) is 4.79 Å². The number of carbonyl (C=O) groups excluding carboxylic acids is 1. The van der Waals surface area contributed by atoms with Crippen molar-refractivity contribution in [3.63, 3.8) is 0 Å². The summed E-state index contributed by atoms with van der Waals surface area (Å²) in [4.78, 5) is 14.1. The summed E-state index contributed by atoms with van der Waals surface area (Å²) in [5.74, 6) is 0.939. The van der Waals surface area contributed by atoms with Gasteiger partial charge in [0.25, 0.3) is 0 Å². The summed E-state index contributed by atoms with van der Waals surface area (Å²) in [5.41, 5.74) is 3.33. The monoisotopic (exact) mass is 263 g/mol. The molecule has 4 heteroatoms. The van der Waals surface area contributed by atoms with Gasteiger partial charge in [-0.3, -0.25) is 4.79 Å². The molecule has 1 fully saturated rings. The van der Waals surface area contributed by atoms with Crippen molar-refractivity contribution >= 4 is 5.91 Å². The molecule has 1 aliphatic heterocycles. The third-order valence-corrected chi connectivity index (χ3v) is 3.60. The van der Waals surface area contributed by atoms with E-state index in [1.165, 1.54) is 11.1 Å². The first-order valence-electron chi connectivity index (χ1n) is 6.61. The van der Waals surface area contributed by atoms with Crippen LogP contribution in [0.4, 0.5) is 0 Å². The second-order valence-corrected chi connectivity index (χ2v) is 4.92. The van der Waals surface area contributed by atoms with Crippen molar-refractivity contribution in [2.75, 3.05) is 33.4 Å². The lowest BCUT2D eigenvalue weighted by Crippen LogP contribution is -2.41. The Morgan fingerprint density at radius 2 is 1.89 bits per heavy atom. The van der Waals surface area contributed by atoms with Gasteiger partial charge in [0, 0.05) is 18.7 Å². The van der Waals surface area contributed by atoms with Gasteiger partial charge in [-0.1, -0.05) is 6.07 Å². The van der Waals surface area contributed by atoms with Crippen LogP contribution >= 0.6 is 0 Å². The van der Waals surface area contributed by atoms with Gasteiger partial charge in [-0.05, 0) is 31.0 Å². The van der Waals surface area contributed by atoms with Crippen molar-refractivity contribution in [3.8, 4) is 5.75 Å². The first kappa shape index (κ1) is 13.9. The number of hydrogen-bond donors (Lipinski definition) is 0. The second kappa shape index (κ2) is 6.06. The SMILES string of the molecule is COc1cc(C)c(C)cc1CC(=O)N1CCOCC1. The standard InChI is InChI=1S/C15H21NO3/c1-11-8-13(14(18-3)9-12(11)2)10-15(17)16-4-6-19-7-5-16/h8-9H,4-7,10H2,1-3H3. The van der Waals surface area contributed by atoms with E-state index in [0.29, 0.717) is 32.7 Å². The first-order chi connectivity index (χ1) is 9.11. The maximum atomic E-state index is 12.2. The first-order valence-corrected chi connectivity index (χ1v) is 6.61. The Morgan fingerprint density at radius 3 is 2.53 bits per heavy atom. The Morgan fingerprint density at radius 1 is 1.26 bits per heavy atom. The Balaban J connectivity index is 2.13. The van der Waals surface area contributed by atoms with Gasteiger partial charge in [0.2, 0.25) is 5.91 Å². The molecule has 1 saturated heterocycles. The molecular weight excluding hydrogens is 242 g/mol. The molecule has 0 aromatic heterocycles. The third-order valence-electron chi connectivity index (χ3n) is 3.60. The molecule has 1 aromatic rings. The highest BCUT2D eigenvalue weighted by Gasteiger charge is 2.19. The second-order valence-electron chi connectivity index (χ2n) is 4.92. The summed E-state index contributed by atoms with van der Waals surface area (Å²) in [6.45, 7) is 6.74. The summed E-state index contributed by atoms with van der Waals surface area (Å²) in [5, 5.41) is 0. The minimum Gasteiger partial charge on any atom is -0.496 e. The van der Waals surface area contributed by atoms with Crippen LogP contribution in [0.15, 0.2) is 12.1 Å². The highest BCUT2D eigenvalue weighted by Crippen LogP contribution is 2.24. The molecule has 0 bridgehead atoms. The van der Waals surface area contributed by atoms with Gasteiger partial charge in [-0.25, -0.2) is 0 Å². The van der Waals surface area contributed by atoms with E-state index >= 15 is 0 Å². The zero-order chi connectivity index (χ0) is 13.8. The number of ether oxygens (including phenoxy) is 2. The molecule has 0 saturated carbocycles. The van der Waals surface area contributed by atoms with Gasteiger partial charge in [0.05, 0.1) is 26.7 Å². The number of hydrogen-bond acceptors (Lipinski definition) is 3. The van der Waals surface area contributed by atoms with Crippen molar-refractivity contribution in [3.05, 3.63) is 28.8 Å². The fourth-order valence-electron chi connectivity index (χ4n) is 2.27. The molecule has 0 atom stereocenters. The Labute approximate surface area is 114 Å². The third kappa shape index (κ3) is 3.26. The van der Waals surface area contributed by atoms with Gasteiger partial charge >= 0.3 is 0 Å². The van der Waals surface area contributed by atoms with Gasteiger partial charge in [0.1, 0.15) is 5.75 Å². The number of rotatable bonds is 3. The summed E-state index contributed by atoms with van der Waals surface area (Å²) < 4.78 is 10.6. The highest BCUT2D eigenvalue weighted by molar-refractivity contribution is 5.79. The van der Waals surface area contributed by atoms with E-state index in [1.807, 2.05) is 24.0 Å². The fraction of sp³-hybridized carbons (Fsp3) is 0.533. The van der Waals surface area contributed by atoms with Crippen LogP contribution in [0.1, 0.15) is 16.7 Å². The number of methoxy groups -OCH3 is 1. The van der Waals surface area contributed by atoms with E-state index in [0.717, 1.165) is 11.3 Å². The van der Waals surface area contributed by atoms with Gasteiger partial charge in [-0.15, -0.1) is 0 Å². The smallest absolute Gasteiger partial charge is 0.227 e. The maximum absolute atomic E-state index is 12.2. The van der Waals surface area contributed by atoms with Gasteiger partial charge < -0.3 is 14.4 Å². The Bertz CT molecular complexity index is 465. The van der Waals surface area contributed by atoms with Crippen molar-refractivity contribution in [1.82, 2.24) is 4.90 Å². The van der Waals surface area contributed by atoms with E-state index in [-0.39, 0.29) is 5.91 Å². The average Bonchev–Trinajstić information content (AvgIpc) is 2.43. The van der Waals surface area contributed by atoms with Crippen LogP contribution in [0.2, 0.25) is 0 Å². The molecule has 2 rings (SSSR count). The number of morpholine rings is 1. The predicted octanol–water partition coefficient (Wildman–Crippen LogP) is 1.71. The summed E-state index contributed by atoms with van der Waals surface area (Å²) in [6.07, 6.45) is 0.393. The minimum absolute atomic E-state index is 0.143. The molecule has 1 aliphatic rings. The molecular formula is C15H21NO3.